The maximum Gasteiger partial charge on any atom is 0.493 e. The molecule has 14 heteroatoms. The Hall–Kier alpha value is -4.49. The van der Waals surface area contributed by atoms with Crippen LogP contribution in [0.4, 0.5) is 22.0 Å². The lowest BCUT2D eigenvalue weighted by atomic mass is 10.0. The molecule has 2 aromatic heterocycles. The smallest absolute Gasteiger partial charge is 0.466 e. The molecule has 1 amide bonds. The summed E-state index contributed by atoms with van der Waals surface area (Å²) in [6, 6.07) is 13.7. The standard InChI is InChI=1S/C24H17F5N4O5/c25-23(26)10-11-32(12-17(23)37-18-9-8-13-4-1-2-7-16(13)30-18)21(35)15-6-3-5-14-19(15)33(31-20(14)34)38-22(36)24(27,28)29/h1-9,17H,10-12H2,(H,31,34)/t17-/m0/s1. The molecule has 198 valence electrons. The van der Waals surface area contributed by atoms with Crippen molar-refractivity contribution in [2.24, 2.45) is 0 Å². The van der Waals surface area contributed by atoms with Crippen LogP contribution in [-0.4, -0.2) is 63.0 Å². The van der Waals surface area contributed by atoms with E-state index in [0.29, 0.717) is 5.52 Å². The normalized spacial score (nSPS) is 17.5. The Morgan fingerprint density at radius 1 is 1.05 bits per heavy atom. The van der Waals surface area contributed by atoms with Gasteiger partial charge in [0.15, 0.2) is 6.10 Å². The Balaban J connectivity index is 1.44. The molecule has 1 aliphatic heterocycles. The minimum Gasteiger partial charge on any atom is -0.466 e. The predicted molar refractivity (Wildman–Crippen MR) is 122 cm³/mol. The van der Waals surface area contributed by atoms with Crippen LogP contribution in [0.15, 0.2) is 59.4 Å². The van der Waals surface area contributed by atoms with E-state index in [0.717, 1.165) is 10.3 Å². The molecule has 0 spiro atoms. The summed E-state index contributed by atoms with van der Waals surface area (Å²) in [5.74, 6) is -6.93. The Kier molecular flexibility index (Phi) is 6.04. The molecule has 0 unspecified atom stereocenters. The monoisotopic (exact) mass is 536 g/mol. The molecule has 0 radical (unpaired) electrons. The van der Waals surface area contributed by atoms with Crippen molar-refractivity contribution >= 4 is 33.7 Å². The number of carbonyl (C=O) groups excluding carboxylic acids is 2. The number of hydrogen-bond donors (Lipinski definition) is 1. The summed E-state index contributed by atoms with van der Waals surface area (Å²) in [6.07, 6.45) is -7.94. The SMILES string of the molecule is O=C(c1cccc2c(=O)[nH]n(OC(=O)C(F)(F)F)c12)N1CCC(F)(F)[C@@H](Oc2ccc3ccccc3n2)C1. The maximum atomic E-state index is 14.8. The number of carbonyl (C=O) groups is 2. The summed E-state index contributed by atoms with van der Waals surface area (Å²) in [6.45, 7) is -1.00. The number of benzene rings is 2. The van der Waals surface area contributed by atoms with Crippen LogP contribution in [0.3, 0.4) is 0 Å². The number of rotatable bonds is 4. The molecule has 1 saturated heterocycles. The van der Waals surface area contributed by atoms with Gasteiger partial charge in [0, 0.05) is 24.4 Å². The first kappa shape index (κ1) is 25.2. The lowest BCUT2D eigenvalue weighted by Gasteiger charge is -2.38. The molecule has 1 fully saturated rings. The highest BCUT2D eigenvalue weighted by molar-refractivity contribution is 6.05. The molecule has 3 heterocycles. The first-order chi connectivity index (χ1) is 17.9. The average molecular weight is 536 g/mol. The van der Waals surface area contributed by atoms with Gasteiger partial charge in [-0.1, -0.05) is 24.3 Å². The molecule has 5 rings (SSSR count). The fourth-order valence-corrected chi connectivity index (χ4v) is 4.14. The van der Waals surface area contributed by atoms with Gasteiger partial charge < -0.3 is 14.5 Å². The number of aromatic amines is 1. The number of likely N-dealkylation sites (tertiary alicyclic amines) is 1. The van der Waals surface area contributed by atoms with E-state index in [4.69, 9.17) is 4.74 Å². The minimum absolute atomic E-state index is 0.0803. The number of piperidine rings is 1. The molecule has 0 saturated carbocycles. The zero-order valence-corrected chi connectivity index (χ0v) is 19.2. The Morgan fingerprint density at radius 3 is 2.58 bits per heavy atom. The number of para-hydroxylation sites is 2. The van der Waals surface area contributed by atoms with Crippen LogP contribution in [0.5, 0.6) is 5.88 Å². The van der Waals surface area contributed by atoms with Crippen molar-refractivity contribution in [3.63, 3.8) is 0 Å². The lowest BCUT2D eigenvalue weighted by Crippen LogP contribution is -2.55. The number of pyridine rings is 1. The van der Waals surface area contributed by atoms with Crippen molar-refractivity contribution < 1.29 is 41.1 Å². The number of nitrogens with zero attached hydrogens (tertiary/aromatic N) is 3. The first-order valence-corrected chi connectivity index (χ1v) is 11.2. The molecule has 1 atom stereocenters. The van der Waals surface area contributed by atoms with Gasteiger partial charge >= 0.3 is 12.1 Å². The van der Waals surface area contributed by atoms with Crippen LogP contribution < -0.4 is 15.1 Å². The Labute approximate surface area is 209 Å². The quantitative estimate of drug-likeness (QED) is 0.401. The van der Waals surface area contributed by atoms with E-state index in [9.17, 15) is 36.3 Å². The van der Waals surface area contributed by atoms with E-state index >= 15 is 0 Å². The highest BCUT2D eigenvalue weighted by Crippen LogP contribution is 2.33. The number of alkyl halides is 5. The molecule has 38 heavy (non-hydrogen) atoms. The number of ether oxygens (including phenoxy) is 1. The van der Waals surface area contributed by atoms with Gasteiger partial charge in [0.25, 0.3) is 17.4 Å². The van der Waals surface area contributed by atoms with E-state index in [-0.39, 0.29) is 21.7 Å². The van der Waals surface area contributed by atoms with Gasteiger partial charge in [0.05, 0.1) is 23.0 Å². The van der Waals surface area contributed by atoms with Gasteiger partial charge in [-0.3, -0.25) is 9.59 Å². The second-order valence-electron chi connectivity index (χ2n) is 8.52. The van der Waals surface area contributed by atoms with E-state index in [1.807, 2.05) is 5.10 Å². The van der Waals surface area contributed by atoms with Gasteiger partial charge in [-0.2, -0.15) is 13.2 Å². The Morgan fingerprint density at radius 2 is 1.82 bits per heavy atom. The number of nitrogens with one attached hydrogen (secondary N) is 1. The third-order valence-corrected chi connectivity index (χ3v) is 6.02. The molecular formula is C24H17F5N4O5. The van der Waals surface area contributed by atoms with Crippen LogP contribution in [0.25, 0.3) is 21.8 Å². The zero-order valence-electron chi connectivity index (χ0n) is 19.2. The number of hydrogen-bond acceptors (Lipinski definition) is 6. The van der Waals surface area contributed by atoms with Gasteiger partial charge in [-0.25, -0.2) is 23.7 Å². The zero-order chi connectivity index (χ0) is 27.2. The average Bonchev–Trinajstić information content (AvgIpc) is 3.19. The molecule has 4 aromatic rings. The van der Waals surface area contributed by atoms with Crippen LogP contribution in [-0.2, 0) is 4.79 Å². The molecule has 0 bridgehead atoms. The second kappa shape index (κ2) is 9.11. The summed E-state index contributed by atoms with van der Waals surface area (Å²) in [4.78, 5) is 46.5. The highest BCUT2D eigenvalue weighted by Gasteiger charge is 2.48. The molecule has 1 aliphatic rings. The molecule has 1 N–H and O–H groups in total. The van der Waals surface area contributed by atoms with E-state index in [1.165, 1.54) is 24.3 Å². The van der Waals surface area contributed by atoms with E-state index in [1.54, 1.807) is 30.3 Å². The topological polar surface area (TPSA) is 107 Å². The summed E-state index contributed by atoms with van der Waals surface area (Å²) in [5, 5.41) is 2.44. The predicted octanol–water partition coefficient (Wildman–Crippen LogP) is 3.32. The van der Waals surface area contributed by atoms with E-state index in [2.05, 4.69) is 9.82 Å². The van der Waals surface area contributed by atoms with E-state index < -0.39 is 60.7 Å². The van der Waals surface area contributed by atoms with Crippen molar-refractivity contribution in [1.82, 2.24) is 19.8 Å². The van der Waals surface area contributed by atoms with Gasteiger partial charge in [0.1, 0.15) is 5.52 Å². The highest BCUT2D eigenvalue weighted by atomic mass is 19.4. The second-order valence-corrected chi connectivity index (χ2v) is 8.52. The van der Waals surface area contributed by atoms with Crippen molar-refractivity contribution in [2.75, 3.05) is 13.1 Å². The first-order valence-electron chi connectivity index (χ1n) is 11.2. The van der Waals surface area contributed by atoms with Crippen LogP contribution in [0.2, 0.25) is 0 Å². The van der Waals surface area contributed by atoms with Gasteiger partial charge in [-0.05, 0) is 24.3 Å². The number of aromatic nitrogens is 3. The van der Waals surface area contributed by atoms with Crippen LogP contribution >= 0.6 is 0 Å². The maximum absolute atomic E-state index is 14.8. The third-order valence-electron chi connectivity index (χ3n) is 6.02. The van der Waals surface area contributed by atoms with Gasteiger partial charge in [0.2, 0.25) is 5.88 Å². The number of H-pyrrole nitrogens is 1. The Bertz CT molecular complexity index is 1610. The summed E-state index contributed by atoms with van der Waals surface area (Å²) in [5.41, 5.74) is -1.21. The van der Waals surface area contributed by atoms with Crippen LogP contribution in [0.1, 0.15) is 16.8 Å². The molecule has 0 aliphatic carbocycles. The number of amides is 1. The van der Waals surface area contributed by atoms with Crippen molar-refractivity contribution in [2.45, 2.75) is 24.6 Å². The van der Waals surface area contributed by atoms with Crippen LogP contribution in [0, 0.1) is 0 Å². The third kappa shape index (κ3) is 4.64. The summed E-state index contributed by atoms with van der Waals surface area (Å²) >= 11 is 0. The number of halogens is 5. The van der Waals surface area contributed by atoms with Crippen molar-refractivity contribution in [3.05, 3.63) is 70.5 Å². The molecule has 9 nitrogen and oxygen atoms in total. The number of fused-ring (bicyclic) bond motifs is 2. The fourth-order valence-electron chi connectivity index (χ4n) is 4.14. The van der Waals surface area contributed by atoms with Crippen molar-refractivity contribution in [3.8, 4) is 5.88 Å². The summed E-state index contributed by atoms with van der Waals surface area (Å²) < 4.78 is 73.2. The van der Waals surface area contributed by atoms with Gasteiger partial charge in [-0.15, -0.1) is 4.85 Å². The molecular weight excluding hydrogens is 519 g/mol. The minimum atomic E-state index is -5.38. The largest absolute Gasteiger partial charge is 0.493 e. The fraction of sp³-hybridized carbons (Fsp3) is 0.250. The summed E-state index contributed by atoms with van der Waals surface area (Å²) in [7, 11) is 0. The molecule has 2 aromatic carbocycles. The lowest BCUT2D eigenvalue weighted by molar-refractivity contribution is -0.200. The van der Waals surface area contributed by atoms with Crippen molar-refractivity contribution in [1.29, 1.82) is 0 Å².